The molecule has 0 bridgehead atoms. The van der Waals surface area contributed by atoms with E-state index < -0.39 is 31.0 Å². The predicted octanol–water partition coefficient (Wildman–Crippen LogP) is 3.46. The number of carbonyl (C=O) groups is 2. The van der Waals surface area contributed by atoms with Crippen LogP contribution in [-0.2, 0) is 11.2 Å². The monoisotopic (exact) mass is 450 g/mol. The molecule has 172 valence electrons. The molecular formula is C23H25F3N2O4. The van der Waals surface area contributed by atoms with E-state index >= 15 is 0 Å². The van der Waals surface area contributed by atoms with Gasteiger partial charge in [-0.05, 0) is 47.9 Å². The van der Waals surface area contributed by atoms with Crippen LogP contribution in [0.2, 0.25) is 0 Å². The molecule has 0 heterocycles. The molecule has 0 saturated carbocycles. The Bertz CT molecular complexity index is 924. The minimum Gasteiger partial charge on any atom is -0.493 e. The molecule has 32 heavy (non-hydrogen) atoms. The number of alkyl halides is 3. The maximum absolute atomic E-state index is 12.6. The Hall–Kier alpha value is -3.33. The van der Waals surface area contributed by atoms with Gasteiger partial charge in [0.1, 0.15) is 11.4 Å². The number of amides is 2. The van der Waals surface area contributed by atoms with Crippen molar-refractivity contribution in [3.05, 3.63) is 70.9 Å². The Morgan fingerprint density at radius 2 is 1.72 bits per heavy atom. The number of halogens is 3. The van der Waals surface area contributed by atoms with Gasteiger partial charge in [-0.2, -0.15) is 13.2 Å². The van der Waals surface area contributed by atoms with Crippen LogP contribution in [0.15, 0.2) is 54.2 Å². The molecule has 0 aliphatic rings. The maximum atomic E-state index is 12.6. The number of aliphatic hydroxyl groups excluding tert-OH is 1. The number of aryl methyl sites for hydroxylation is 1. The van der Waals surface area contributed by atoms with Gasteiger partial charge in [0.15, 0.2) is 0 Å². The highest BCUT2D eigenvalue weighted by Crippen LogP contribution is 2.20. The summed E-state index contributed by atoms with van der Waals surface area (Å²) in [6.45, 7) is 1.26. The van der Waals surface area contributed by atoms with Gasteiger partial charge in [0.25, 0.3) is 11.8 Å². The third-order valence-electron chi connectivity index (χ3n) is 4.36. The zero-order valence-corrected chi connectivity index (χ0v) is 17.5. The van der Waals surface area contributed by atoms with Crippen molar-refractivity contribution in [1.29, 1.82) is 0 Å². The van der Waals surface area contributed by atoms with Crippen LogP contribution in [0, 0.1) is 0 Å². The Morgan fingerprint density at radius 3 is 2.28 bits per heavy atom. The largest absolute Gasteiger partial charge is 0.493 e. The van der Waals surface area contributed by atoms with E-state index in [9.17, 15) is 22.8 Å². The van der Waals surface area contributed by atoms with Crippen molar-refractivity contribution < 1.29 is 32.6 Å². The van der Waals surface area contributed by atoms with Gasteiger partial charge in [-0.1, -0.05) is 31.2 Å². The normalized spacial score (nSPS) is 11.7. The van der Waals surface area contributed by atoms with E-state index in [0.29, 0.717) is 5.56 Å². The molecule has 0 spiro atoms. The topological polar surface area (TPSA) is 87.7 Å². The quantitative estimate of drug-likeness (QED) is 0.484. The standard InChI is InChI=1S/C23H25F3N2O4/c1-2-16-3-5-17(6-4-16)15-20(22(31)27-12-13-29)28-21(30)18-7-9-19(10-8-18)32-14-11-23(24,25)26/h3-10,15,29H,2,11-14H2,1H3,(H,27,31)(H,28,30)/b20-15-. The Labute approximate surface area is 184 Å². The maximum Gasteiger partial charge on any atom is 0.392 e. The Morgan fingerprint density at radius 1 is 1.06 bits per heavy atom. The van der Waals surface area contributed by atoms with Gasteiger partial charge in [-0.15, -0.1) is 0 Å². The van der Waals surface area contributed by atoms with E-state index in [0.717, 1.165) is 12.0 Å². The van der Waals surface area contributed by atoms with Crippen LogP contribution in [-0.4, -0.2) is 42.9 Å². The van der Waals surface area contributed by atoms with Crippen LogP contribution in [0.4, 0.5) is 13.2 Å². The lowest BCUT2D eigenvalue weighted by Crippen LogP contribution is -2.36. The second-order valence-corrected chi connectivity index (χ2v) is 6.82. The van der Waals surface area contributed by atoms with E-state index in [-0.39, 0.29) is 30.2 Å². The van der Waals surface area contributed by atoms with Gasteiger partial charge in [-0.25, -0.2) is 0 Å². The van der Waals surface area contributed by atoms with Crippen molar-refractivity contribution in [2.75, 3.05) is 19.8 Å². The number of carbonyl (C=O) groups excluding carboxylic acids is 2. The van der Waals surface area contributed by atoms with Crippen LogP contribution >= 0.6 is 0 Å². The summed E-state index contributed by atoms with van der Waals surface area (Å²) >= 11 is 0. The molecular weight excluding hydrogens is 425 g/mol. The molecule has 0 aliphatic carbocycles. The summed E-state index contributed by atoms with van der Waals surface area (Å²) in [7, 11) is 0. The van der Waals surface area contributed by atoms with Gasteiger partial charge in [0.05, 0.1) is 19.6 Å². The van der Waals surface area contributed by atoms with E-state index in [4.69, 9.17) is 9.84 Å². The van der Waals surface area contributed by atoms with E-state index in [1.54, 1.807) is 0 Å². The molecule has 0 unspecified atom stereocenters. The van der Waals surface area contributed by atoms with Gasteiger partial charge >= 0.3 is 6.18 Å². The fourth-order valence-electron chi connectivity index (χ4n) is 2.62. The van der Waals surface area contributed by atoms with Crippen LogP contribution < -0.4 is 15.4 Å². The van der Waals surface area contributed by atoms with Crippen molar-refractivity contribution in [1.82, 2.24) is 10.6 Å². The second-order valence-electron chi connectivity index (χ2n) is 6.82. The first-order chi connectivity index (χ1) is 15.2. The minimum absolute atomic E-state index is 0.0156. The van der Waals surface area contributed by atoms with Crippen molar-refractivity contribution >= 4 is 17.9 Å². The third kappa shape index (κ3) is 8.43. The summed E-state index contributed by atoms with van der Waals surface area (Å²) in [6, 6.07) is 13.0. The highest BCUT2D eigenvalue weighted by Gasteiger charge is 2.26. The van der Waals surface area contributed by atoms with Crippen molar-refractivity contribution in [3.8, 4) is 5.75 Å². The lowest BCUT2D eigenvalue weighted by atomic mass is 10.1. The number of ether oxygens (including phenoxy) is 1. The lowest BCUT2D eigenvalue weighted by molar-refractivity contribution is -0.139. The zero-order chi connectivity index (χ0) is 23.6. The molecule has 0 aromatic heterocycles. The molecule has 9 heteroatoms. The first-order valence-electron chi connectivity index (χ1n) is 10.0. The number of aliphatic hydroxyl groups is 1. The minimum atomic E-state index is -4.31. The molecule has 2 amide bonds. The first kappa shape index (κ1) is 24.9. The SMILES string of the molecule is CCc1ccc(/C=C(\NC(=O)c2ccc(OCCC(F)(F)F)cc2)C(=O)NCCO)cc1. The zero-order valence-electron chi connectivity index (χ0n) is 17.5. The molecule has 2 aromatic rings. The van der Waals surface area contributed by atoms with Crippen LogP contribution in [0.3, 0.4) is 0 Å². The second kappa shape index (κ2) is 11.9. The van der Waals surface area contributed by atoms with Crippen molar-refractivity contribution in [3.63, 3.8) is 0 Å². The van der Waals surface area contributed by atoms with E-state index in [1.165, 1.54) is 30.3 Å². The third-order valence-corrected chi connectivity index (χ3v) is 4.36. The molecule has 0 radical (unpaired) electrons. The Balaban J connectivity index is 2.11. The smallest absolute Gasteiger partial charge is 0.392 e. The summed E-state index contributed by atoms with van der Waals surface area (Å²) in [6.07, 6.45) is -3.01. The molecule has 0 saturated heterocycles. The average molecular weight is 450 g/mol. The van der Waals surface area contributed by atoms with Crippen LogP contribution in [0.1, 0.15) is 34.8 Å². The molecule has 2 aromatic carbocycles. The number of rotatable bonds is 10. The molecule has 0 fully saturated rings. The predicted molar refractivity (Wildman–Crippen MR) is 114 cm³/mol. The van der Waals surface area contributed by atoms with E-state index in [1.807, 2.05) is 31.2 Å². The van der Waals surface area contributed by atoms with Gasteiger partial charge in [-0.3, -0.25) is 9.59 Å². The van der Waals surface area contributed by atoms with Crippen LogP contribution in [0.25, 0.3) is 6.08 Å². The molecule has 6 nitrogen and oxygen atoms in total. The first-order valence-corrected chi connectivity index (χ1v) is 10.0. The highest BCUT2D eigenvalue weighted by atomic mass is 19.4. The number of hydrogen-bond donors (Lipinski definition) is 3. The van der Waals surface area contributed by atoms with Crippen molar-refractivity contribution in [2.45, 2.75) is 25.9 Å². The number of hydrogen-bond acceptors (Lipinski definition) is 4. The fourth-order valence-corrected chi connectivity index (χ4v) is 2.62. The molecule has 2 rings (SSSR count). The van der Waals surface area contributed by atoms with Crippen LogP contribution in [0.5, 0.6) is 5.75 Å². The van der Waals surface area contributed by atoms with Gasteiger partial charge < -0.3 is 20.5 Å². The summed E-state index contributed by atoms with van der Waals surface area (Å²) < 4.78 is 41.6. The van der Waals surface area contributed by atoms with Gasteiger partial charge in [0.2, 0.25) is 0 Å². The number of benzene rings is 2. The summed E-state index contributed by atoms with van der Waals surface area (Å²) in [5, 5.41) is 14.0. The summed E-state index contributed by atoms with van der Waals surface area (Å²) in [5.41, 5.74) is 1.99. The average Bonchev–Trinajstić information content (AvgIpc) is 2.77. The van der Waals surface area contributed by atoms with Crippen molar-refractivity contribution in [2.24, 2.45) is 0 Å². The highest BCUT2D eigenvalue weighted by molar-refractivity contribution is 6.05. The summed E-state index contributed by atoms with van der Waals surface area (Å²) in [4.78, 5) is 25.0. The number of nitrogens with one attached hydrogen (secondary N) is 2. The van der Waals surface area contributed by atoms with Gasteiger partial charge in [0, 0.05) is 12.1 Å². The summed E-state index contributed by atoms with van der Waals surface area (Å²) in [5.74, 6) is -0.959. The molecule has 0 atom stereocenters. The lowest BCUT2D eigenvalue weighted by Gasteiger charge is -2.12. The Kier molecular flexibility index (Phi) is 9.27. The molecule has 0 aliphatic heterocycles. The van der Waals surface area contributed by atoms with E-state index in [2.05, 4.69) is 10.6 Å². The fraction of sp³-hybridized carbons (Fsp3) is 0.304. The molecule has 3 N–H and O–H groups in total.